The summed E-state index contributed by atoms with van der Waals surface area (Å²) in [5.74, 6) is -2.00. The van der Waals surface area contributed by atoms with E-state index in [2.05, 4.69) is 8.92 Å². The fourth-order valence-electron chi connectivity index (χ4n) is 1.01. The van der Waals surface area contributed by atoms with Crippen molar-refractivity contribution in [3.63, 3.8) is 0 Å². The van der Waals surface area contributed by atoms with E-state index in [-0.39, 0.29) is 5.56 Å². The maximum atomic E-state index is 12.3. The quantitative estimate of drug-likeness (QED) is 0.485. The number of esters is 1. The van der Waals surface area contributed by atoms with Crippen LogP contribution >= 0.6 is 0 Å². The van der Waals surface area contributed by atoms with Crippen molar-refractivity contribution in [2.45, 2.75) is 12.4 Å². The third-order valence-corrected chi connectivity index (χ3v) is 2.85. The van der Waals surface area contributed by atoms with Crippen molar-refractivity contribution >= 4 is 16.1 Å². The van der Waals surface area contributed by atoms with E-state index in [1.54, 1.807) is 0 Å². The second-order valence-corrected chi connectivity index (χ2v) is 4.72. The van der Waals surface area contributed by atoms with Crippen LogP contribution in [0.5, 0.6) is 5.75 Å². The maximum absolute atomic E-state index is 12.3. The molecule has 0 bridgehead atoms. The number of aryl methyl sites for hydroxylation is 1. The monoisotopic (exact) mass is 301 g/mol. The van der Waals surface area contributed by atoms with Crippen LogP contribution in [0.3, 0.4) is 0 Å². The lowest BCUT2D eigenvalue weighted by atomic mass is 10.1. The average Bonchev–Trinajstić information content (AvgIpc) is 2.35. The first kappa shape index (κ1) is 11.1. The Hall–Kier alpha value is -1.77. The molecule has 0 atom stereocenters. The van der Waals surface area contributed by atoms with Crippen molar-refractivity contribution in [3.05, 3.63) is 29.3 Å². The minimum absolute atomic E-state index is 0.287. The standard InChI is InChI=1S/C10H9F3O5S/c1-6-5-7(9(14)17-2)3-4-8(6)18-19(15,16)10(11,12)13/h3-5H,1-2H3/i1D3. The van der Waals surface area contributed by atoms with Crippen LogP contribution < -0.4 is 4.18 Å². The molecule has 0 saturated heterocycles. The highest BCUT2D eigenvalue weighted by molar-refractivity contribution is 7.88. The van der Waals surface area contributed by atoms with Gasteiger partial charge in [0.05, 0.1) is 12.7 Å². The Balaban J connectivity index is 3.41. The van der Waals surface area contributed by atoms with Gasteiger partial charge in [-0.15, -0.1) is 0 Å². The van der Waals surface area contributed by atoms with Gasteiger partial charge in [0, 0.05) is 4.11 Å². The predicted octanol–water partition coefficient (Wildman–Crippen LogP) is 2.01. The van der Waals surface area contributed by atoms with Gasteiger partial charge in [0.2, 0.25) is 0 Å². The topological polar surface area (TPSA) is 69.7 Å². The van der Waals surface area contributed by atoms with Gasteiger partial charge in [-0.2, -0.15) is 21.6 Å². The molecule has 5 nitrogen and oxygen atoms in total. The zero-order valence-electron chi connectivity index (χ0n) is 12.3. The first-order valence-electron chi connectivity index (χ1n) is 6.03. The molecule has 0 saturated carbocycles. The molecule has 0 aliphatic heterocycles. The van der Waals surface area contributed by atoms with Gasteiger partial charge < -0.3 is 8.92 Å². The summed E-state index contributed by atoms with van der Waals surface area (Å²) in [7, 11) is -5.03. The molecule has 1 aromatic rings. The van der Waals surface area contributed by atoms with Crippen LogP contribution in [0.1, 0.15) is 20.0 Å². The summed E-state index contributed by atoms with van der Waals surface area (Å²) in [6, 6.07) is 2.19. The van der Waals surface area contributed by atoms with Gasteiger partial charge in [-0.25, -0.2) is 4.79 Å². The Kier molecular flexibility index (Phi) is 2.96. The summed E-state index contributed by atoms with van der Waals surface area (Å²) in [6.45, 7) is -3.01. The number of hydrogen-bond donors (Lipinski definition) is 0. The fraction of sp³-hybridized carbons (Fsp3) is 0.300. The van der Waals surface area contributed by atoms with Crippen LogP contribution in [0, 0.1) is 6.85 Å². The van der Waals surface area contributed by atoms with E-state index < -0.39 is 39.8 Å². The zero-order valence-corrected chi connectivity index (χ0v) is 10.1. The minimum atomic E-state index is -6.04. The molecule has 0 fully saturated rings. The number of ether oxygens (including phenoxy) is 1. The lowest BCUT2D eigenvalue weighted by Crippen LogP contribution is -2.28. The number of halogens is 3. The van der Waals surface area contributed by atoms with E-state index in [1.807, 2.05) is 0 Å². The Morgan fingerprint density at radius 1 is 1.37 bits per heavy atom. The molecule has 0 radical (unpaired) electrons. The molecule has 0 aromatic heterocycles. The lowest BCUT2D eigenvalue weighted by Gasteiger charge is -2.11. The van der Waals surface area contributed by atoms with Gasteiger partial charge in [0.1, 0.15) is 5.75 Å². The normalized spacial score (nSPS) is 15.1. The van der Waals surface area contributed by atoms with Crippen LogP contribution in [0.4, 0.5) is 13.2 Å². The molecule has 0 spiro atoms. The number of carbonyl (C=O) groups is 1. The van der Waals surface area contributed by atoms with Gasteiger partial charge in [-0.1, -0.05) is 0 Å². The Morgan fingerprint density at radius 3 is 2.47 bits per heavy atom. The summed E-state index contributed by atoms with van der Waals surface area (Å²) < 4.78 is 88.5. The van der Waals surface area contributed by atoms with Crippen LogP contribution in [0.2, 0.25) is 0 Å². The number of benzene rings is 1. The van der Waals surface area contributed by atoms with Crippen molar-refractivity contribution in [2.75, 3.05) is 7.11 Å². The average molecular weight is 301 g/mol. The lowest BCUT2D eigenvalue weighted by molar-refractivity contribution is -0.0500. The molecular formula is C10H9F3O5S. The summed E-state index contributed by atoms with van der Waals surface area (Å²) in [5, 5.41) is 0. The largest absolute Gasteiger partial charge is 0.534 e. The van der Waals surface area contributed by atoms with Gasteiger partial charge in [0.25, 0.3) is 0 Å². The SMILES string of the molecule is [2H]C([2H])([2H])c1cc(C(=O)OC)ccc1OS(=O)(=O)C(F)(F)F. The van der Waals surface area contributed by atoms with Gasteiger partial charge in [0.15, 0.2) is 0 Å². The highest BCUT2D eigenvalue weighted by Crippen LogP contribution is 2.29. The first-order chi connectivity index (χ1) is 9.79. The van der Waals surface area contributed by atoms with Crippen LogP contribution in [-0.4, -0.2) is 27.0 Å². The molecule has 9 heteroatoms. The van der Waals surface area contributed by atoms with Gasteiger partial charge in [-0.3, -0.25) is 0 Å². The maximum Gasteiger partial charge on any atom is 0.534 e. The van der Waals surface area contributed by atoms with Crippen molar-refractivity contribution in [1.82, 2.24) is 0 Å². The number of rotatable bonds is 3. The summed E-state index contributed by atoms with van der Waals surface area (Å²) >= 11 is 0. The number of alkyl halides is 3. The van der Waals surface area contributed by atoms with E-state index in [0.29, 0.717) is 12.1 Å². The first-order valence-corrected chi connectivity index (χ1v) is 5.94. The molecule has 106 valence electrons. The minimum Gasteiger partial charge on any atom is -0.465 e. The van der Waals surface area contributed by atoms with Crippen molar-refractivity contribution < 1.29 is 39.4 Å². The van der Waals surface area contributed by atoms with Gasteiger partial charge in [-0.05, 0) is 30.6 Å². The van der Waals surface area contributed by atoms with Crippen molar-refractivity contribution in [1.29, 1.82) is 0 Å². The van der Waals surface area contributed by atoms with E-state index in [0.717, 1.165) is 13.2 Å². The predicted molar refractivity (Wildman–Crippen MR) is 58.1 cm³/mol. The molecule has 19 heavy (non-hydrogen) atoms. The Morgan fingerprint density at radius 2 is 2.00 bits per heavy atom. The summed E-state index contributed by atoms with van der Waals surface area (Å²) in [6.07, 6.45) is 0. The number of hydrogen-bond acceptors (Lipinski definition) is 5. The highest BCUT2D eigenvalue weighted by atomic mass is 32.2. The smallest absolute Gasteiger partial charge is 0.465 e. The highest BCUT2D eigenvalue weighted by Gasteiger charge is 2.48. The molecule has 1 aromatic carbocycles. The van der Waals surface area contributed by atoms with Crippen molar-refractivity contribution in [3.8, 4) is 5.75 Å². The molecule has 0 aliphatic carbocycles. The second kappa shape index (κ2) is 5.08. The van der Waals surface area contributed by atoms with Gasteiger partial charge >= 0.3 is 21.6 Å². The van der Waals surface area contributed by atoms with E-state index >= 15 is 0 Å². The summed E-state index contributed by atoms with van der Waals surface area (Å²) in [5.41, 5.74) is -6.88. The van der Waals surface area contributed by atoms with Crippen LogP contribution in [-0.2, 0) is 14.9 Å². The zero-order chi connectivity index (χ0) is 17.3. The summed E-state index contributed by atoms with van der Waals surface area (Å²) in [4.78, 5) is 11.3. The van der Waals surface area contributed by atoms with Crippen LogP contribution in [0.25, 0.3) is 0 Å². The molecule has 0 heterocycles. The second-order valence-electron chi connectivity index (χ2n) is 3.19. The molecule has 0 unspecified atom stereocenters. The Labute approximate surface area is 111 Å². The molecule has 0 amide bonds. The van der Waals surface area contributed by atoms with E-state index in [4.69, 9.17) is 4.11 Å². The molecule has 0 aliphatic rings. The fourth-order valence-corrected chi connectivity index (χ4v) is 1.49. The molecule has 1 rings (SSSR count). The number of carbonyl (C=O) groups excluding carboxylic acids is 1. The van der Waals surface area contributed by atoms with E-state index in [9.17, 15) is 26.4 Å². The molecular weight excluding hydrogens is 289 g/mol. The Bertz CT molecular complexity index is 682. The third kappa shape index (κ3) is 3.37. The molecule has 0 N–H and O–H groups in total. The van der Waals surface area contributed by atoms with Crippen LogP contribution in [0.15, 0.2) is 18.2 Å². The van der Waals surface area contributed by atoms with Crippen molar-refractivity contribution in [2.24, 2.45) is 0 Å². The number of methoxy groups -OCH3 is 1. The third-order valence-electron chi connectivity index (χ3n) is 1.88. The van der Waals surface area contributed by atoms with E-state index in [1.165, 1.54) is 0 Å².